The molecule has 1 atom stereocenters. The predicted molar refractivity (Wildman–Crippen MR) is 39.4 cm³/mol. The first kappa shape index (κ1) is 7.09. The summed E-state index contributed by atoms with van der Waals surface area (Å²) in [6.45, 7) is 0. The van der Waals surface area contributed by atoms with Gasteiger partial charge in [-0.05, 0) is 12.6 Å². The van der Waals surface area contributed by atoms with Crippen molar-refractivity contribution in [2.75, 3.05) is 6.16 Å². The van der Waals surface area contributed by atoms with Gasteiger partial charge < -0.3 is 22.4 Å². The van der Waals surface area contributed by atoms with Gasteiger partial charge in [0.25, 0.3) is 0 Å². The van der Waals surface area contributed by atoms with Crippen LogP contribution in [0.3, 0.4) is 0 Å². The molecule has 0 aromatic heterocycles. The average Bonchev–Trinajstić information content (AvgIpc) is 1.96. The van der Waals surface area contributed by atoms with E-state index in [4.69, 9.17) is 22.4 Å². The summed E-state index contributed by atoms with van der Waals surface area (Å²) in [4.78, 5) is 0. The van der Waals surface area contributed by atoms with Crippen molar-refractivity contribution in [1.82, 2.24) is 0 Å². The van der Waals surface area contributed by atoms with E-state index >= 15 is 0 Å². The third-order valence-electron chi connectivity index (χ3n) is 1.56. The highest BCUT2D eigenvalue weighted by Gasteiger charge is 2.38. The van der Waals surface area contributed by atoms with Crippen molar-refractivity contribution >= 4 is 13.8 Å². The molecule has 1 aliphatic heterocycles. The van der Waals surface area contributed by atoms with Gasteiger partial charge in [0.15, 0.2) is 0 Å². The van der Waals surface area contributed by atoms with Crippen LogP contribution in [0, 0.1) is 5.41 Å². The van der Waals surface area contributed by atoms with Crippen LogP contribution in [0.4, 0.5) is 0 Å². The van der Waals surface area contributed by atoms with Gasteiger partial charge >= 0.3 is 0 Å². The predicted octanol–water partition coefficient (Wildman–Crippen LogP) is -0.663. The lowest BCUT2D eigenvalue weighted by Crippen LogP contribution is -2.52. The minimum atomic E-state index is -0.963. The molecular weight excluding hydrogens is 135 g/mol. The van der Waals surface area contributed by atoms with Crippen LogP contribution in [0.5, 0.6) is 0 Å². The Morgan fingerprint density at radius 3 is 2.22 bits per heavy atom. The van der Waals surface area contributed by atoms with Crippen LogP contribution in [-0.4, -0.2) is 17.3 Å². The zero-order valence-corrected chi connectivity index (χ0v) is 5.99. The maximum absolute atomic E-state index is 7.27. The quantitative estimate of drug-likeness (QED) is 0.269. The minimum Gasteiger partial charge on any atom is -0.307 e. The van der Waals surface area contributed by atoms with Gasteiger partial charge in [0, 0.05) is 13.8 Å². The summed E-state index contributed by atoms with van der Waals surface area (Å²) in [5.41, 5.74) is 17.0. The van der Waals surface area contributed by atoms with E-state index in [2.05, 4.69) is 0 Å². The van der Waals surface area contributed by atoms with Gasteiger partial charge in [-0.15, -0.1) is 0 Å². The molecule has 0 aromatic carbocycles. The topological polar surface area (TPSA) is 102 Å². The van der Waals surface area contributed by atoms with Gasteiger partial charge in [0.05, 0.1) is 0 Å². The standard InChI is InChI=1S/C4H11N4P/c5-3-1-2-9(8)4(3,6)7/h5H,1-2,6-8H2. The molecule has 5 heteroatoms. The van der Waals surface area contributed by atoms with Gasteiger partial charge in [-0.3, -0.25) is 0 Å². The fourth-order valence-electron chi connectivity index (χ4n) is 0.791. The second-order valence-electron chi connectivity index (χ2n) is 2.25. The maximum Gasteiger partial charge on any atom is 0.136 e. The zero-order chi connectivity index (χ0) is 7.07. The van der Waals surface area contributed by atoms with Crippen LogP contribution in [0.1, 0.15) is 6.42 Å². The van der Waals surface area contributed by atoms with E-state index in [-0.39, 0.29) is 0 Å². The van der Waals surface area contributed by atoms with Crippen molar-refractivity contribution in [2.24, 2.45) is 17.0 Å². The average molecular weight is 146 g/mol. The smallest absolute Gasteiger partial charge is 0.136 e. The highest BCUT2D eigenvalue weighted by atomic mass is 31.1. The van der Waals surface area contributed by atoms with Gasteiger partial charge in [-0.2, -0.15) is 0 Å². The normalized spacial score (nSPS) is 33.2. The second kappa shape index (κ2) is 1.99. The Kier molecular flexibility index (Phi) is 1.57. The van der Waals surface area contributed by atoms with Crippen LogP contribution in [0.25, 0.3) is 0 Å². The molecule has 9 heavy (non-hydrogen) atoms. The van der Waals surface area contributed by atoms with Gasteiger partial charge in [-0.25, -0.2) is 0 Å². The van der Waals surface area contributed by atoms with Crippen molar-refractivity contribution in [3.05, 3.63) is 0 Å². The minimum absolute atomic E-state index is 0.399. The lowest BCUT2D eigenvalue weighted by molar-refractivity contribution is 0.826. The molecule has 1 unspecified atom stereocenters. The molecule has 1 aliphatic rings. The number of nitrogens with two attached hydrogens (primary N) is 3. The molecule has 0 amide bonds. The Labute approximate surface area is 55.1 Å². The van der Waals surface area contributed by atoms with E-state index in [1.54, 1.807) is 0 Å². The van der Waals surface area contributed by atoms with E-state index in [0.717, 1.165) is 6.16 Å². The van der Waals surface area contributed by atoms with Crippen LogP contribution in [0.15, 0.2) is 0 Å². The molecule has 7 N–H and O–H groups in total. The first-order valence-corrected chi connectivity index (χ1v) is 4.33. The lowest BCUT2D eigenvalue weighted by Gasteiger charge is -2.22. The van der Waals surface area contributed by atoms with E-state index in [9.17, 15) is 0 Å². The third-order valence-corrected chi connectivity index (χ3v) is 3.49. The summed E-state index contributed by atoms with van der Waals surface area (Å²) in [5, 5.41) is 6.31. The summed E-state index contributed by atoms with van der Waals surface area (Å²) >= 11 is 0. The number of nitrogens with one attached hydrogen (secondary N) is 1. The SMILES string of the molecule is N=C1CCP(N)C1(N)N. The molecule has 0 spiro atoms. The molecule has 0 radical (unpaired) electrons. The fourth-order valence-corrected chi connectivity index (χ4v) is 2.08. The Hall–Kier alpha value is -0.0200. The Morgan fingerprint density at radius 1 is 1.56 bits per heavy atom. The van der Waals surface area contributed by atoms with Crippen molar-refractivity contribution in [3.63, 3.8) is 0 Å². The molecular formula is C4H11N4P. The molecule has 1 rings (SSSR count). The molecule has 1 saturated heterocycles. The lowest BCUT2D eigenvalue weighted by atomic mass is 10.2. The summed E-state index contributed by atoms with van der Waals surface area (Å²) in [7, 11) is -0.817. The van der Waals surface area contributed by atoms with Crippen LogP contribution < -0.4 is 17.0 Å². The van der Waals surface area contributed by atoms with Crippen LogP contribution >= 0.6 is 8.07 Å². The van der Waals surface area contributed by atoms with E-state index < -0.39 is 13.5 Å². The molecule has 0 bridgehead atoms. The first-order valence-electron chi connectivity index (χ1n) is 2.73. The monoisotopic (exact) mass is 146 g/mol. The number of hydrogen-bond donors (Lipinski definition) is 4. The van der Waals surface area contributed by atoms with Gasteiger partial charge in [0.1, 0.15) is 5.40 Å². The van der Waals surface area contributed by atoms with Crippen LogP contribution in [-0.2, 0) is 0 Å². The second-order valence-corrected chi connectivity index (χ2v) is 4.37. The maximum atomic E-state index is 7.27. The summed E-state index contributed by atoms with van der Waals surface area (Å²) in [6, 6.07) is 0. The fraction of sp³-hybridized carbons (Fsp3) is 0.750. The molecule has 1 heterocycles. The summed E-state index contributed by atoms with van der Waals surface area (Å²) in [6.07, 6.45) is 1.48. The molecule has 0 aliphatic carbocycles. The number of hydrogen-bond acceptors (Lipinski definition) is 4. The molecule has 4 nitrogen and oxygen atoms in total. The Morgan fingerprint density at radius 2 is 2.11 bits per heavy atom. The van der Waals surface area contributed by atoms with Gasteiger partial charge in [0.2, 0.25) is 0 Å². The van der Waals surface area contributed by atoms with Crippen molar-refractivity contribution in [2.45, 2.75) is 11.8 Å². The highest BCUT2D eigenvalue weighted by molar-refractivity contribution is 7.58. The van der Waals surface area contributed by atoms with Crippen molar-refractivity contribution < 1.29 is 0 Å². The molecule has 1 fully saturated rings. The molecule has 0 aromatic rings. The Bertz CT molecular complexity index is 144. The molecule has 0 saturated carbocycles. The van der Waals surface area contributed by atoms with E-state index in [0.29, 0.717) is 12.1 Å². The number of rotatable bonds is 0. The third kappa shape index (κ3) is 0.990. The zero-order valence-electron chi connectivity index (χ0n) is 5.09. The van der Waals surface area contributed by atoms with E-state index in [1.807, 2.05) is 0 Å². The van der Waals surface area contributed by atoms with Crippen LogP contribution in [0.2, 0.25) is 0 Å². The summed E-state index contributed by atoms with van der Waals surface area (Å²) in [5.74, 6) is 0. The van der Waals surface area contributed by atoms with E-state index in [1.165, 1.54) is 0 Å². The summed E-state index contributed by atoms with van der Waals surface area (Å²) < 4.78 is 0. The van der Waals surface area contributed by atoms with Crippen molar-refractivity contribution in [3.8, 4) is 0 Å². The Balaban J connectivity index is 2.78. The first-order chi connectivity index (χ1) is 4.05. The van der Waals surface area contributed by atoms with Gasteiger partial charge in [-0.1, -0.05) is 0 Å². The highest BCUT2D eigenvalue weighted by Crippen LogP contribution is 2.43. The van der Waals surface area contributed by atoms with Crippen molar-refractivity contribution in [1.29, 1.82) is 5.41 Å². The largest absolute Gasteiger partial charge is 0.307 e. The molecule has 52 valence electrons.